The molecule has 9 nitrogen and oxygen atoms in total. The van der Waals surface area contributed by atoms with Crippen molar-refractivity contribution in [3.05, 3.63) is 40.7 Å². The number of carboxylic acids is 1. The number of hydrogen-bond donors (Lipinski definition) is 2. The van der Waals surface area contributed by atoms with Crippen LogP contribution in [0.25, 0.3) is 0 Å². The molecule has 2 N–H and O–H groups in total. The van der Waals surface area contributed by atoms with Gasteiger partial charge in [-0.05, 0) is 30.7 Å². The maximum atomic E-state index is 13.3. The van der Waals surface area contributed by atoms with E-state index in [4.69, 9.17) is 30.5 Å². The number of rotatable bonds is 8. The lowest BCUT2D eigenvalue weighted by atomic mass is 9.94. The normalized spacial score (nSPS) is 25.4. The molecule has 1 fully saturated rings. The minimum absolute atomic E-state index is 0.0539. The highest BCUT2D eigenvalue weighted by Crippen LogP contribution is 2.41. The predicted molar refractivity (Wildman–Crippen MR) is 109 cm³/mol. The van der Waals surface area contributed by atoms with E-state index in [1.807, 2.05) is 0 Å². The third-order valence-corrected chi connectivity index (χ3v) is 7.12. The summed E-state index contributed by atoms with van der Waals surface area (Å²) < 4.78 is 63.6. The van der Waals surface area contributed by atoms with Gasteiger partial charge in [-0.1, -0.05) is 11.6 Å². The summed E-state index contributed by atoms with van der Waals surface area (Å²) in [4.78, 5) is 11.9. The van der Waals surface area contributed by atoms with Crippen LogP contribution in [0, 0.1) is 5.82 Å². The molecule has 0 bridgehead atoms. The summed E-state index contributed by atoms with van der Waals surface area (Å²) in [5, 5.41) is 8.17. The van der Waals surface area contributed by atoms with Crippen LogP contribution in [0.3, 0.4) is 0 Å². The monoisotopic (exact) mass is 479 g/mol. The average Bonchev–Trinajstić information content (AvgIpc) is 3.01. The lowest BCUT2D eigenvalue weighted by molar-refractivity contribution is -0.154. The topological polar surface area (TPSA) is 120 Å². The van der Waals surface area contributed by atoms with E-state index in [-0.39, 0.29) is 36.8 Å². The van der Waals surface area contributed by atoms with E-state index in [1.165, 1.54) is 20.3 Å². The van der Waals surface area contributed by atoms with Crippen molar-refractivity contribution in [3.8, 4) is 0 Å². The SMILES string of the molecule is COC[C@H]1OC2(C=C(C(=O)O)C(S(=O)(=O)Nc3ccc(F)cc3Cl)CC2)O[C@@H]1COC. The van der Waals surface area contributed by atoms with Gasteiger partial charge in [-0.3, -0.25) is 4.72 Å². The highest BCUT2D eigenvalue weighted by molar-refractivity contribution is 7.93. The van der Waals surface area contributed by atoms with Crippen LogP contribution in [0.4, 0.5) is 10.1 Å². The van der Waals surface area contributed by atoms with Gasteiger partial charge in [-0.2, -0.15) is 0 Å². The van der Waals surface area contributed by atoms with E-state index in [0.717, 1.165) is 18.2 Å². The quantitative estimate of drug-likeness (QED) is 0.582. The molecule has 1 unspecified atom stereocenters. The van der Waals surface area contributed by atoms with Crippen LogP contribution in [0.15, 0.2) is 29.8 Å². The Morgan fingerprint density at radius 2 is 1.90 bits per heavy atom. The zero-order chi connectivity index (χ0) is 22.8. The molecule has 172 valence electrons. The van der Waals surface area contributed by atoms with Gasteiger partial charge in [0.2, 0.25) is 10.0 Å². The van der Waals surface area contributed by atoms with E-state index < -0.39 is 50.6 Å². The number of methoxy groups -OCH3 is 2. The summed E-state index contributed by atoms with van der Waals surface area (Å²) in [5.74, 6) is -3.46. The predicted octanol–water partition coefficient (Wildman–Crippen LogP) is 2.17. The van der Waals surface area contributed by atoms with Gasteiger partial charge in [0, 0.05) is 20.6 Å². The Morgan fingerprint density at radius 3 is 2.42 bits per heavy atom. The Balaban J connectivity index is 1.89. The molecule has 1 heterocycles. The zero-order valence-corrected chi connectivity index (χ0v) is 18.4. The van der Waals surface area contributed by atoms with E-state index in [1.54, 1.807) is 0 Å². The van der Waals surface area contributed by atoms with E-state index in [2.05, 4.69) is 4.72 Å². The third kappa shape index (κ3) is 5.18. The van der Waals surface area contributed by atoms with Crippen LogP contribution in [-0.4, -0.2) is 70.2 Å². The number of benzene rings is 1. The first-order chi connectivity index (χ1) is 14.6. The van der Waals surface area contributed by atoms with Crippen molar-refractivity contribution in [2.45, 2.75) is 36.1 Å². The van der Waals surface area contributed by atoms with Crippen LogP contribution in [0.1, 0.15) is 12.8 Å². The van der Waals surface area contributed by atoms with E-state index in [9.17, 15) is 22.7 Å². The van der Waals surface area contributed by atoms with Crippen LogP contribution in [0.5, 0.6) is 0 Å². The highest BCUT2D eigenvalue weighted by Gasteiger charge is 2.51. The summed E-state index contributed by atoms with van der Waals surface area (Å²) in [7, 11) is -1.24. The first kappa shape index (κ1) is 23.9. The number of aliphatic carboxylic acids is 1. The Bertz CT molecular complexity index is 956. The first-order valence-corrected chi connectivity index (χ1v) is 11.3. The second-order valence-corrected chi connectivity index (χ2v) is 9.51. The van der Waals surface area contributed by atoms with E-state index in [0.29, 0.717) is 0 Å². The van der Waals surface area contributed by atoms with Gasteiger partial charge in [-0.15, -0.1) is 0 Å². The van der Waals surface area contributed by atoms with Crippen molar-refractivity contribution in [1.29, 1.82) is 0 Å². The Labute approximate surface area is 184 Å². The number of nitrogens with one attached hydrogen (secondary N) is 1. The molecule has 2 aliphatic rings. The number of carboxylic acid groups (broad SMARTS) is 1. The Hall–Kier alpha value is -1.76. The minimum atomic E-state index is -4.23. The molecule has 0 radical (unpaired) electrons. The molecule has 31 heavy (non-hydrogen) atoms. The lowest BCUT2D eigenvalue weighted by Gasteiger charge is -2.33. The first-order valence-electron chi connectivity index (χ1n) is 9.37. The Morgan fingerprint density at radius 1 is 1.29 bits per heavy atom. The number of anilines is 1. The summed E-state index contributed by atoms with van der Waals surface area (Å²) in [6.45, 7) is 0.386. The molecule has 1 spiro atoms. The van der Waals surface area contributed by atoms with Gasteiger partial charge < -0.3 is 24.1 Å². The number of ether oxygens (including phenoxy) is 4. The van der Waals surface area contributed by atoms with Crippen LogP contribution >= 0.6 is 11.6 Å². The molecule has 0 amide bonds. The maximum Gasteiger partial charge on any atom is 0.332 e. The fourth-order valence-electron chi connectivity index (χ4n) is 3.70. The van der Waals surface area contributed by atoms with Crippen molar-refractivity contribution in [2.75, 3.05) is 32.2 Å². The van der Waals surface area contributed by atoms with Gasteiger partial charge in [0.25, 0.3) is 0 Å². The molecular formula is C19H23ClFNO8S. The van der Waals surface area contributed by atoms with Gasteiger partial charge in [0.1, 0.15) is 23.3 Å². The summed E-state index contributed by atoms with van der Waals surface area (Å²) in [5.41, 5.74) is -0.451. The summed E-state index contributed by atoms with van der Waals surface area (Å²) in [6, 6.07) is 3.16. The number of sulfonamides is 1. The molecule has 1 aromatic carbocycles. The molecule has 0 aromatic heterocycles. The molecule has 1 aliphatic heterocycles. The van der Waals surface area contributed by atoms with Crippen molar-refractivity contribution >= 4 is 33.3 Å². The minimum Gasteiger partial charge on any atom is -0.478 e. The largest absolute Gasteiger partial charge is 0.478 e. The fourth-order valence-corrected chi connectivity index (χ4v) is 5.53. The molecule has 0 saturated carbocycles. The Kier molecular flexibility index (Phi) is 7.24. The van der Waals surface area contributed by atoms with Gasteiger partial charge in [-0.25, -0.2) is 17.6 Å². The van der Waals surface area contributed by atoms with Crippen LogP contribution in [0.2, 0.25) is 5.02 Å². The molecule has 3 rings (SSSR count). The zero-order valence-electron chi connectivity index (χ0n) is 16.8. The highest BCUT2D eigenvalue weighted by atomic mass is 35.5. The smallest absolute Gasteiger partial charge is 0.332 e. The van der Waals surface area contributed by atoms with Gasteiger partial charge in [0.05, 0.1) is 29.5 Å². The fraction of sp³-hybridized carbons (Fsp3) is 0.526. The summed E-state index contributed by atoms with van der Waals surface area (Å²) >= 11 is 5.90. The van der Waals surface area contributed by atoms with Crippen molar-refractivity contribution in [1.82, 2.24) is 0 Å². The molecular weight excluding hydrogens is 457 g/mol. The molecule has 1 saturated heterocycles. The van der Waals surface area contributed by atoms with Gasteiger partial charge >= 0.3 is 5.97 Å². The van der Waals surface area contributed by atoms with Crippen molar-refractivity contribution < 1.29 is 41.7 Å². The van der Waals surface area contributed by atoms with Crippen LogP contribution in [-0.2, 0) is 33.8 Å². The second kappa shape index (κ2) is 9.39. The van der Waals surface area contributed by atoms with Crippen molar-refractivity contribution in [2.24, 2.45) is 0 Å². The molecule has 1 aromatic rings. The van der Waals surface area contributed by atoms with E-state index >= 15 is 0 Å². The van der Waals surface area contributed by atoms with Crippen LogP contribution < -0.4 is 4.72 Å². The molecule has 3 atom stereocenters. The number of hydrogen-bond acceptors (Lipinski definition) is 7. The maximum absolute atomic E-state index is 13.3. The number of halogens is 2. The van der Waals surface area contributed by atoms with Gasteiger partial charge in [0.15, 0.2) is 5.79 Å². The second-order valence-electron chi connectivity index (χ2n) is 7.24. The molecule has 12 heteroatoms. The standard InChI is InChI=1S/C19H23ClFNO8S/c1-27-9-15-16(10-28-2)30-19(29-15)6-5-17(12(8-19)18(23)24)31(25,26)22-14-4-3-11(21)7-13(14)20/h3-4,7-8,15-17,22H,5-6,9-10H2,1-2H3,(H,23,24)/t15-,16-,17?/m1/s1. The lowest BCUT2D eigenvalue weighted by Crippen LogP contribution is -2.42. The number of carbonyl (C=O) groups is 1. The molecule has 1 aliphatic carbocycles. The summed E-state index contributed by atoms with van der Waals surface area (Å²) in [6.07, 6.45) is 0.160. The average molecular weight is 480 g/mol. The van der Waals surface area contributed by atoms with Crippen molar-refractivity contribution in [3.63, 3.8) is 0 Å². The third-order valence-electron chi connectivity index (χ3n) is 5.06.